The Morgan fingerprint density at radius 2 is 1.57 bits per heavy atom. The molecule has 0 unspecified atom stereocenters. The summed E-state index contributed by atoms with van der Waals surface area (Å²) in [5.74, 6) is -0.00366. The largest absolute Gasteiger partial charge is 0.490 e. The number of hydrogen-bond acceptors (Lipinski definition) is 14. The summed E-state index contributed by atoms with van der Waals surface area (Å²) in [4.78, 5) is 32.6. The van der Waals surface area contributed by atoms with Crippen LogP contribution < -0.4 is 21.9 Å². The van der Waals surface area contributed by atoms with Gasteiger partial charge in [-0.05, 0) is 42.0 Å². The van der Waals surface area contributed by atoms with Crippen molar-refractivity contribution in [3.8, 4) is 40.5 Å². The number of nitrogens with two attached hydrogens (primary N) is 3. The number of nitriles is 2. The minimum Gasteiger partial charge on any atom is -0.490 e. The average molecular weight is 676 g/mol. The first kappa shape index (κ1) is 34.7. The minimum atomic E-state index is -0.891. The zero-order valence-electron chi connectivity index (χ0n) is 25.0. The summed E-state index contributed by atoms with van der Waals surface area (Å²) in [5.41, 5.74) is 19.4. The van der Waals surface area contributed by atoms with E-state index in [2.05, 4.69) is 22.1 Å². The zero-order chi connectivity index (χ0) is 33.8. The van der Waals surface area contributed by atoms with E-state index in [0.29, 0.717) is 44.3 Å². The number of esters is 2. The Balaban J connectivity index is 1.51. The molecule has 13 nitrogen and oxygen atoms in total. The maximum atomic E-state index is 12.0. The topological polar surface area (TPSA) is 226 Å². The third-order valence-electron chi connectivity index (χ3n) is 6.42. The molecule has 0 aliphatic carbocycles. The van der Waals surface area contributed by atoms with Crippen molar-refractivity contribution in [3.05, 3.63) is 76.6 Å². The molecular weight excluding hydrogens is 646 g/mol. The molecule has 0 radical (unpaired) electrons. The van der Waals surface area contributed by atoms with Gasteiger partial charge in [-0.15, -0.1) is 0 Å². The van der Waals surface area contributed by atoms with Gasteiger partial charge >= 0.3 is 11.9 Å². The first-order chi connectivity index (χ1) is 22.8. The molecule has 0 fully saturated rings. The van der Waals surface area contributed by atoms with Gasteiger partial charge in [0.15, 0.2) is 6.10 Å². The first-order valence-electron chi connectivity index (χ1n) is 14.2. The van der Waals surface area contributed by atoms with E-state index in [-0.39, 0.29) is 56.1 Å². The quantitative estimate of drug-likeness (QED) is 0.118. The van der Waals surface area contributed by atoms with E-state index in [1.807, 2.05) is 0 Å². The van der Waals surface area contributed by atoms with E-state index in [0.717, 1.165) is 5.56 Å². The summed E-state index contributed by atoms with van der Waals surface area (Å²) in [6.07, 6.45) is 0.635. The number of aromatic nitrogens is 2. The standard InChI is InChI=1S/C32H30ClN7O6S/c33-21-5-1-20(2-6-21)31-39-22(15-45-31)18-47-32-26(14-37)29(25(13-36)30(38)40-32)19-3-7-23(8-4-19)43-16-24(46-28(42)10-12-35)17-44-27(41)9-11-34/h1-8,15,24H,9-12,16-18,34-35H2,(H2,38,40)/t24-/m0/s1. The summed E-state index contributed by atoms with van der Waals surface area (Å²) in [6, 6.07) is 17.8. The molecule has 1 atom stereocenters. The summed E-state index contributed by atoms with van der Waals surface area (Å²) < 4.78 is 21.9. The molecule has 15 heteroatoms. The molecule has 0 bridgehead atoms. The lowest BCUT2D eigenvalue weighted by atomic mass is 9.97. The van der Waals surface area contributed by atoms with Gasteiger partial charge in [0.05, 0.1) is 24.1 Å². The summed E-state index contributed by atoms with van der Waals surface area (Å²) in [6.45, 7) is -0.125. The SMILES string of the molecule is N#Cc1c(N)nc(SCc2coc(-c3ccc(Cl)cc3)n2)c(C#N)c1-c1ccc(OC[C@@H](COC(=O)CCN)OC(=O)CCN)cc1. The van der Waals surface area contributed by atoms with Gasteiger partial charge in [0.1, 0.15) is 53.8 Å². The average Bonchev–Trinajstić information content (AvgIpc) is 3.54. The molecule has 47 heavy (non-hydrogen) atoms. The molecule has 0 aliphatic rings. The van der Waals surface area contributed by atoms with E-state index in [1.54, 1.807) is 48.5 Å². The lowest BCUT2D eigenvalue weighted by Crippen LogP contribution is -2.31. The molecule has 0 saturated carbocycles. The molecule has 0 aliphatic heterocycles. The van der Waals surface area contributed by atoms with Crippen LogP contribution in [0.25, 0.3) is 22.6 Å². The van der Waals surface area contributed by atoms with Gasteiger partial charge in [0.25, 0.3) is 0 Å². The number of thioether (sulfide) groups is 1. The Bertz CT molecular complexity index is 1790. The number of benzene rings is 2. The number of ether oxygens (including phenoxy) is 3. The van der Waals surface area contributed by atoms with Crippen LogP contribution in [0.1, 0.15) is 29.7 Å². The van der Waals surface area contributed by atoms with Gasteiger partial charge < -0.3 is 35.8 Å². The number of halogens is 1. The minimum absolute atomic E-state index is 0.0111. The van der Waals surface area contributed by atoms with Crippen molar-refractivity contribution >= 4 is 41.1 Å². The molecule has 4 rings (SSSR count). The number of nitrogen functional groups attached to an aromatic ring is 1. The Hall–Kier alpha value is -5.12. The lowest BCUT2D eigenvalue weighted by Gasteiger charge is -2.19. The van der Waals surface area contributed by atoms with E-state index in [1.165, 1.54) is 18.0 Å². The summed E-state index contributed by atoms with van der Waals surface area (Å²) in [7, 11) is 0. The number of rotatable bonds is 15. The van der Waals surface area contributed by atoms with E-state index >= 15 is 0 Å². The Morgan fingerprint density at radius 3 is 2.23 bits per heavy atom. The number of carbonyl (C=O) groups is 2. The van der Waals surface area contributed by atoms with E-state index in [9.17, 15) is 20.1 Å². The predicted octanol–water partition coefficient (Wildman–Crippen LogP) is 4.21. The molecule has 0 saturated heterocycles. The molecule has 2 heterocycles. The van der Waals surface area contributed by atoms with Crippen LogP contribution in [0.4, 0.5) is 5.82 Å². The van der Waals surface area contributed by atoms with Crippen LogP contribution in [-0.2, 0) is 24.8 Å². The van der Waals surface area contributed by atoms with Crippen LogP contribution in [0.5, 0.6) is 5.75 Å². The summed E-state index contributed by atoms with van der Waals surface area (Å²) >= 11 is 7.19. The normalized spacial score (nSPS) is 11.3. The van der Waals surface area contributed by atoms with Crippen molar-refractivity contribution in [3.63, 3.8) is 0 Å². The molecule has 0 amide bonds. The van der Waals surface area contributed by atoms with Gasteiger partial charge in [-0.25, -0.2) is 9.97 Å². The van der Waals surface area contributed by atoms with Crippen molar-refractivity contribution < 1.29 is 28.2 Å². The molecular formula is C32H30ClN7O6S. The highest BCUT2D eigenvalue weighted by Crippen LogP contribution is 2.37. The van der Waals surface area contributed by atoms with Gasteiger partial charge in [-0.3, -0.25) is 9.59 Å². The van der Waals surface area contributed by atoms with Crippen LogP contribution in [0, 0.1) is 22.7 Å². The van der Waals surface area contributed by atoms with E-state index < -0.39 is 18.0 Å². The second-order valence-corrected chi connectivity index (χ2v) is 11.2. The molecule has 2 aromatic carbocycles. The molecule has 6 N–H and O–H groups in total. The van der Waals surface area contributed by atoms with Crippen LogP contribution >= 0.6 is 23.4 Å². The number of oxazole rings is 1. The van der Waals surface area contributed by atoms with Gasteiger partial charge in [0.2, 0.25) is 5.89 Å². The van der Waals surface area contributed by atoms with Crippen LogP contribution in [-0.4, -0.2) is 54.3 Å². The molecule has 4 aromatic rings. The fourth-order valence-electron chi connectivity index (χ4n) is 4.19. The highest BCUT2D eigenvalue weighted by atomic mass is 35.5. The second-order valence-electron chi connectivity index (χ2n) is 9.80. The third-order valence-corrected chi connectivity index (χ3v) is 7.68. The highest BCUT2D eigenvalue weighted by Gasteiger charge is 2.22. The second kappa shape index (κ2) is 17.0. The lowest BCUT2D eigenvalue weighted by molar-refractivity contribution is -0.160. The Labute approximate surface area is 279 Å². The highest BCUT2D eigenvalue weighted by molar-refractivity contribution is 7.98. The fraction of sp³-hybridized carbons (Fsp3) is 0.250. The monoisotopic (exact) mass is 675 g/mol. The van der Waals surface area contributed by atoms with Gasteiger partial charge in [0, 0.05) is 35.0 Å². The maximum absolute atomic E-state index is 12.0. The number of pyridine rings is 1. The molecule has 2 aromatic heterocycles. The van der Waals surface area contributed by atoms with Gasteiger partial charge in [-0.2, -0.15) is 10.5 Å². The van der Waals surface area contributed by atoms with Crippen molar-refractivity contribution in [1.29, 1.82) is 10.5 Å². The number of hydrogen-bond donors (Lipinski definition) is 3. The van der Waals surface area contributed by atoms with Crippen LogP contribution in [0.3, 0.4) is 0 Å². The molecule has 242 valence electrons. The smallest absolute Gasteiger partial charge is 0.307 e. The van der Waals surface area contributed by atoms with Crippen molar-refractivity contribution in [1.82, 2.24) is 9.97 Å². The van der Waals surface area contributed by atoms with E-state index in [4.69, 9.17) is 47.4 Å². The van der Waals surface area contributed by atoms with Crippen molar-refractivity contribution in [2.24, 2.45) is 11.5 Å². The summed E-state index contributed by atoms with van der Waals surface area (Å²) in [5, 5.41) is 21.0. The zero-order valence-corrected chi connectivity index (χ0v) is 26.6. The number of anilines is 1. The van der Waals surface area contributed by atoms with Crippen LogP contribution in [0.2, 0.25) is 5.02 Å². The van der Waals surface area contributed by atoms with Crippen LogP contribution in [0.15, 0.2) is 64.2 Å². The Kier molecular flexibility index (Phi) is 12.6. The number of carbonyl (C=O) groups excluding carboxylic acids is 2. The maximum Gasteiger partial charge on any atom is 0.307 e. The predicted molar refractivity (Wildman–Crippen MR) is 174 cm³/mol. The molecule has 0 spiro atoms. The van der Waals surface area contributed by atoms with Crippen molar-refractivity contribution in [2.75, 3.05) is 32.0 Å². The first-order valence-corrected chi connectivity index (χ1v) is 15.6. The van der Waals surface area contributed by atoms with Gasteiger partial charge in [-0.1, -0.05) is 35.5 Å². The Morgan fingerprint density at radius 1 is 0.915 bits per heavy atom. The fourth-order valence-corrected chi connectivity index (χ4v) is 5.19. The number of nitrogens with zero attached hydrogens (tertiary/aromatic N) is 4. The third kappa shape index (κ3) is 9.45. The van der Waals surface area contributed by atoms with Crippen molar-refractivity contribution in [2.45, 2.75) is 29.7 Å².